The van der Waals surface area contributed by atoms with Gasteiger partial charge >= 0.3 is 0 Å². The Hall–Kier alpha value is -2.17. The molecule has 0 spiro atoms. The average Bonchev–Trinajstić information content (AvgIpc) is 2.71. The third-order valence-corrected chi connectivity index (χ3v) is 5.20. The van der Waals surface area contributed by atoms with E-state index in [4.69, 9.17) is 0 Å². The molecule has 0 radical (unpaired) electrons. The van der Waals surface area contributed by atoms with E-state index in [-0.39, 0.29) is 11.8 Å². The van der Waals surface area contributed by atoms with Gasteiger partial charge in [0.05, 0.1) is 0 Å². The van der Waals surface area contributed by atoms with E-state index in [0.29, 0.717) is 6.42 Å². The maximum absolute atomic E-state index is 13.4. The van der Waals surface area contributed by atoms with Gasteiger partial charge in [-0.1, -0.05) is 60.7 Å². The fourth-order valence-electron chi connectivity index (χ4n) is 3.62. The van der Waals surface area contributed by atoms with Gasteiger partial charge in [0, 0.05) is 25.4 Å². The maximum Gasteiger partial charge on any atom is 0.223 e. The van der Waals surface area contributed by atoms with Gasteiger partial charge in [-0.05, 0) is 65.2 Å². The summed E-state index contributed by atoms with van der Waals surface area (Å²) in [5, 5.41) is 0. The fourth-order valence-corrected chi connectivity index (χ4v) is 3.62. The molecule has 0 bridgehead atoms. The maximum atomic E-state index is 13.4. The van der Waals surface area contributed by atoms with Crippen LogP contribution in [0.2, 0.25) is 0 Å². The van der Waals surface area contributed by atoms with Crippen molar-refractivity contribution in [2.45, 2.75) is 25.2 Å². The second kappa shape index (κ2) is 12.4. The number of hydrogen-bond acceptors (Lipinski definition) is 3. The number of benzene rings is 2. The zero-order valence-electron chi connectivity index (χ0n) is 18.6. The minimum atomic E-state index is 0.0927. The zero-order chi connectivity index (χ0) is 21.1. The number of carbonyl (C=O) groups excluding carboxylic acids is 1. The summed E-state index contributed by atoms with van der Waals surface area (Å²) in [5.74, 6) is 0.343. The molecule has 0 saturated heterocycles. The van der Waals surface area contributed by atoms with Crippen LogP contribution in [0, 0.1) is 0 Å². The Bertz CT molecular complexity index is 647. The molecule has 0 unspecified atom stereocenters. The van der Waals surface area contributed by atoms with Crippen LogP contribution in [-0.4, -0.2) is 75.0 Å². The molecular formula is C25H37N3O. The molecule has 0 aliphatic carbocycles. The summed E-state index contributed by atoms with van der Waals surface area (Å²) in [6.45, 7) is 3.64. The fraction of sp³-hybridized carbons (Fsp3) is 0.480. The molecule has 0 aliphatic heterocycles. The van der Waals surface area contributed by atoms with Gasteiger partial charge in [0.25, 0.3) is 0 Å². The largest absolute Gasteiger partial charge is 0.343 e. The van der Waals surface area contributed by atoms with Crippen molar-refractivity contribution in [1.29, 1.82) is 0 Å². The zero-order valence-corrected chi connectivity index (χ0v) is 18.6. The molecule has 158 valence electrons. The standard InChI is InChI=1S/C25H37N3O/c1-26(2)17-11-19-28(20-12-18-27(3)4)25(29)21-24(22-13-7-5-8-14-22)23-15-9-6-10-16-23/h5-10,13-16,24H,11-12,17-21H2,1-4H3. The predicted molar refractivity (Wildman–Crippen MR) is 122 cm³/mol. The monoisotopic (exact) mass is 395 g/mol. The van der Waals surface area contributed by atoms with Gasteiger partial charge in [-0.2, -0.15) is 0 Å². The van der Waals surface area contributed by atoms with E-state index < -0.39 is 0 Å². The lowest BCUT2D eigenvalue weighted by Crippen LogP contribution is -2.36. The van der Waals surface area contributed by atoms with E-state index in [2.05, 4.69) is 91.4 Å². The third kappa shape index (κ3) is 8.38. The Morgan fingerprint density at radius 1 is 0.690 bits per heavy atom. The Morgan fingerprint density at radius 3 is 1.48 bits per heavy atom. The topological polar surface area (TPSA) is 26.8 Å². The minimum Gasteiger partial charge on any atom is -0.343 e. The average molecular weight is 396 g/mol. The Kier molecular flexibility index (Phi) is 9.89. The lowest BCUT2D eigenvalue weighted by atomic mass is 9.88. The number of carbonyl (C=O) groups is 1. The number of amides is 1. The molecule has 4 heteroatoms. The van der Waals surface area contributed by atoms with Crippen LogP contribution < -0.4 is 0 Å². The molecule has 0 saturated carbocycles. The lowest BCUT2D eigenvalue weighted by molar-refractivity contribution is -0.131. The Labute approximate surface area is 177 Å². The summed E-state index contributed by atoms with van der Waals surface area (Å²) in [6.07, 6.45) is 2.52. The second-order valence-corrected chi connectivity index (χ2v) is 8.27. The highest BCUT2D eigenvalue weighted by molar-refractivity contribution is 5.77. The van der Waals surface area contributed by atoms with E-state index in [1.807, 2.05) is 12.1 Å². The van der Waals surface area contributed by atoms with Crippen LogP contribution >= 0.6 is 0 Å². The SMILES string of the molecule is CN(C)CCCN(CCCN(C)C)C(=O)CC(c1ccccc1)c1ccccc1. The molecular weight excluding hydrogens is 358 g/mol. The van der Waals surface area contributed by atoms with Crippen molar-refractivity contribution in [3.8, 4) is 0 Å². The van der Waals surface area contributed by atoms with E-state index in [9.17, 15) is 4.79 Å². The molecule has 2 aromatic rings. The van der Waals surface area contributed by atoms with Gasteiger partial charge in [-0.3, -0.25) is 4.79 Å². The molecule has 29 heavy (non-hydrogen) atoms. The minimum absolute atomic E-state index is 0.0927. The van der Waals surface area contributed by atoms with E-state index >= 15 is 0 Å². The molecule has 2 rings (SSSR count). The van der Waals surface area contributed by atoms with Crippen molar-refractivity contribution in [3.05, 3.63) is 71.8 Å². The van der Waals surface area contributed by atoms with Crippen molar-refractivity contribution in [3.63, 3.8) is 0 Å². The normalized spacial score (nSPS) is 11.4. The van der Waals surface area contributed by atoms with Crippen LogP contribution in [0.15, 0.2) is 60.7 Å². The molecule has 0 heterocycles. The van der Waals surface area contributed by atoms with Crippen LogP contribution in [0.4, 0.5) is 0 Å². The first-order valence-corrected chi connectivity index (χ1v) is 10.6. The number of hydrogen-bond donors (Lipinski definition) is 0. The van der Waals surface area contributed by atoms with Gasteiger partial charge < -0.3 is 14.7 Å². The van der Waals surface area contributed by atoms with Crippen LogP contribution in [-0.2, 0) is 4.79 Å². The quantitative estimate of drug-likeness (QED) is 0.545. The number of rotatable bonds is 12. The highest BCUT2D eigenvalue weighted by atomic mass is 16.2. The van der Waals surface area contributed by atoms with Crippen molar-refractivity contribution in [1.82, 2.24) is 14.7 Å². The van der Waals surface area contributed by atoms with Gasteiger partial charge in [0.15, 0.2) is 0 Å². The van der Waals surface area contributed by atoms with Gasteiger partial charge in [-0.15, -0.1) is 0 Å². The summed E-state index contributed by atoms with van der Waals surface area (Å²) >= 11 is 0. The van der Waals surface area contributed by atoms with Gasteiger partial charge in [0.2, 0.25) is 5.91 Å². The first-order chi connectivity index (χ1) is 14.0. The van der Waals surface area contributed by atoms with Gasteiger partial charge in [0.1, 0.15) is 0 Å². The lowest BCUT2D eigenvalue weighted by Gasteiger charge is -2.27. The van der Waals surface area contributed by atoms with Gasteiger partial charge in [-0.25, -0.2) is 0 Å². The van der Waals surface area contributed by atoms with E-state index in [1.54, 1.807) is 0 Å². The summed E-state index contributed by atoms with van der Waals surface area (Å²) in [7, 11) is 8.33. The van der Waals surface area contributed by atoms with Crippen molar-refractivity contribution < 1.29 is 4.79 Å². The molecule has 1 amide bonds. The molecule has 0 atom stereocenters. The van der Waals surface area contributed by atoms with Crippen LogP contribution in [0.3, 0.4) is 0 Å². The smallest absolute Gasteiger partial charge is 0.223 e. The van der Waals surface area contributed by atoms with Crippen molar-refractivity contribution in [2.75, 3.05) is 54.4 Å². The molecule has 0 aromatic heterocycles. The summed E-state index contributed by atoms with van der Waals surface area (Å²) in [5.41, 5.74) is 2.40. The van der Waals surface area contributed by atoms with E-state index in [0.717, 1.165) is 39.0 Å². The second-order valence-electron chi connectivity index (χ2n) is 8.27. The molecule has 4 nitrogen and oxygen atoms in total. The van der Waals surface area contributed by atoms with Crippen molar-refractivity contribution >= 4 is 5.91 Å². The number of nitrogens with zero attached hydrogens (tertiary/aromatic N) is 3. The molecule has 0 N–H and O–H groups in total. The molecule has 2 aromatic carbocycles. The first kappa shape index (κ1) is 23.1. The van der Waals surface area contributed by atoms with Crippen molar-refractivity contribution in [2.24, 2.45) is 0 Å². The Morgan fingerprint density at radius 2 is 1.10 bits per heavy atom. The summed E-state index contributed by atoms with van der Waals surface area (Å²) < 4.78 is 0. The summed E-state index contributed by atoms with van der Waals surface area (Å²) in [4.78, 5) is 19.8. The first-order valence-electron chi connectivity index (χ1n) is 10.6. The highest BCUT2D eigenvalue weighted by Crippen LogP contribution is 2.28. The highest BCUT2D eigenvalue weighted by Gasteiger charge is 2.22. The third-order valence-electron chi connectivity index (χ3n) is 5.20. The Balaban J connectivity index is 2.13. The van der Waals surface area contributed by atoms with E-state index in [1.165, 1.54) is 11.1 Å². The van der Waals surface area contributed by atoms with Crippen LogP contribution in [0.5, 0.6) is 0 Å². The summed E-state index contributed by atoms with van der Waals surface area (Å²) in [6, 6.07) is 20.8. The van der Waals surface area contributed by atoms with Crippen LogP contribution in [0.1, 0.15) is 36.3 Å². The van der Waals surface area contributed by atoms with Crippen LogP contribution in [0.25, 0.3) is 0 Å². The molecule has 0 fully saturated rings. The molecule has 0 aliphatic rings. The predicted octanol–water partition coefficient (Wildman–Crippen LogP) is 3.94.